The predicted octanol–water partition coefficient (Wildman–Crippen LogP) is 2.54. The SMILES string of the molecule is NCC(NC(=O)CC1CCSCC1)C1CCCCC1. The van der Waals surface area contributed by atoms with Crippen LogP contribution >= 0.6 is 11.8 Å². The zero-order chi connectivity index (χ0) is 13.5. The Balaban J connectivity index is 1.74. The molecule has 3 nitrogen and oxygen atoms in total. The van der Waals surface area contributed by atoms with Gasteiger partial charge >= 0.3 is 0 Å². The van der Waals surface area contributed by atoms with Crippen LogP contribution in [0.3, 0.4) is 0 Å². The molecule has 1 saturated carbocycles. The number of nitrogens with one attached hydrogen (secondary N) is 1. The zero-order valence-corrected chi connectivity index (χ0v) is 12.7. The molecule has 2 rings (SSSR count). The maximum Gasteiger partial charge on any atom is 0.220 e. The molecule has 0 bridgehead atoms. The van der Waals surface area contributed by atoms with Crippen LogP contribution in [-0.4, -0.2) is 30.0 Å². The number of carbonyl (C=O) groups is 1. The van der Waals surface area contributed by atoms with E-state index in [0.717, 1.165) is 0 Å². The molecule has 19 heavy (non-hydrogen) atoms. The van der Waals surface area contributed by atoms with Crippen molar-refractivity contribution in [3.63, 3.8) is 0 Å². The summed E-state index contributed by atoms with van der Waals surface area (Å²) in [6.45, 7) is 0.594. The highest BCUT2D eigenvalue weighted by molar-refractivity contribution is 7.99. The van der Waals surface area contributed by atoms with Gasteiger partial charge in [0.15, 0.2) is 0 Å². The molecule has 1 saturated heterocycles. The van der Waals surface area contributed by atoms with Crippen LogP contribution in [0.15, 0.2) is 0 Å². The minimum Gasteiger partial charge on any atom is -0.352 e. The van der Waals surface area contributed by atoms with Gasteiger partial charge in [0.1, 0.15) is 0 Å². The third kappa shape index (κ3) is 4.99. The Hall–Kier alpha value is -0.220. The number of carbonyl (C=O) groups excluding carboxylic acids is 1. The second-order valence-electron chi connectivity index (χ2n) is 6.07. The van der Waals surface area contributed by atoms with E-state index in [-0.39, 0.29) is 11.9 Å². The fraction of sp³-hybridized carbons (Fsp3) is 0.933. The third-order valence-corrected chi connectivity index (χ3v) is 5.68. The standard InChI is InChI=1S/C15H28N2OS/c16-11-14(13-4-2-1-3-5-13)17-15(18)10-12-6-8-19-9-7-12/h12-14H,1-11,16H2,(H,17,18). The molecule has 1 amide bonds. The number of amides is 1. The van der Waals surface area contributed by atoms with Gasteiger partial charge in [-0.15, -0.1) is 0 Å². The summed E-state index contributed by atoms with van der Waals surface area (Å²) in [5, 5.41) is 3.21. The van der Waals surface area contributed by atoms with E-state index in [4.69, 9.17) is 5.73 Å². The number of hydrogen-bond acceptors (Lipinski definition) is 3. The number of hydrogen-bond donors (Lipinski definition) is 2. The molecule has 1 atom stereocenters. The van der Waals surface area contributed by atoms with Crippen molar-refractivity contribution in [3.8, 4) is 0 Å². The van der Waals surface area contributed by atoms with E-state index in [0.29, 0.717) is 24.8 Å². The van der Waals surface area contributed by atoms with E-state index < -0.39 is 0 Å². The maximum absolute atomic E-state index is 12.1. The second kappa shape index (κ2) is 8.15. The van der Waals surface area contributed by atoms with Gasteiger partial charge in [-0.25, -0.2) is 0 Å². The first-order valence-electron chi connectivity index (χ1n) is 7.86. The molecule has 1 unspecified atom stereocenters. The Labute approximate surface area is 121 Å². The normalized spacial score (nSPS) is 24.1. The van der Waals surface area contributed by atoms with Crippen molar-refractivity contribution >= 4 is 17.7 Å². The van der Waals surface area contributed by atoms with Crippen molar-refractivity contribution in [2.75, 3.05) is 18.1 Å². The number of rotatable bonds is 5. The quantitative estimate of drug-likeness (QED) is 0.816. The second-order valence-corrected chi connectivity index (χ2v) is 7.29. The molecule has 2 fully saturated rings. The van der Waals surface area contributed by atoms with Crippen molar-refractivity contribution in [3.05, 3.63) is 0 Å². The predicted molar refractivity (Wildman–Crippen MR) is 82.2 cm³/mol. The van der Waals surface area contributed by atoms with Crippen LogP contribution < -0.4 is 11.1 Å². The van der Waals surface area contributed by atoms with E-state index in [1.54, 1.807) is 0 Å². The van der Waals surface area contributed by atoms with Crippen LogP contribution in [0.1, 0.15) is 51.4 Å². The molecular formula is C15H28N2OS. The minimum atomic E-state index is 0.214. The summed E-state index contributed by atoms with van der Waals surface area (Å²) in [5.41, 5.74) is 5.87. The lowest BCUT2D eigenvalue weighted by atomic mass is 9.83. The van der Waals surface area contributed by atoms with Crippen molar-refractivity contribution in [2.45, 2.75) is 57.4 Å². The summed E-state index contributed by atoms with van der Waals surface area (Å²) in [6, 6.07) is 0.214. The average Bonchev–Trinajstić information content (AvgIpc) is 2.47. The van der Waals surface area contributed by atoms with Crippen molar-refractivity contribution in [1.82, 2.24) is 5.32 Å². The van der Waals surface area contributed by atoms with Gasteiger partial charge < -0.3 is 11.1 Å². The molecule has 2 aliphatic rings. The molecule has 0 spiro atoms. The Morgan fingerprint density at radius 2 is 1.84 bits per heavy atom. The van der Waals surface area contributed by atoms with Gasteiger partial charge in [-0.3, -0.25) is 4.79 Å². The van der Waals surface area contributed by atoms with E-state index in [1.165, 1.54) is 56.5 Å². The van der Waals surface area contributed by atoms with Gasteiger partial charge in [-0.05, 0) is 49.0 Å². The highest BCUT2D eigenvalue weighted by Crippen LogP contribution is 2.27. The molecular weight excluding hydrogens is 256 g/mol. The molecule has 110 valence electrons. The molecule has 0 aromatic rings. The summed E-state index contributed by atoms with van der Waals surface area (Å²) in [6.07, 6.45) is 9.55. The summed E-state index contributed by atoms with van der Waals surface area (Å²) < 4.78 is 0. The zero-order valence-electron chi connectivity index (χ0n) is 11.9. The fourth-order valence-electron chi connectivity index (χ4n) is 3.38. The summed E-state index contributed by atoms with van der Waals surface area (Å²) in [4.78, 5) is 12.1. The van der Waals surface area contributed by atoms with Crippen molar-refractivity contribution < 1.29 is 4.79 Å². The van der Waals surface area contributed by atoms with Crippen LogP contribution in [0.2, 0.25) is 0 Å². The Kier molecular flexibility index (Phi) is 6.51. The highest BCUT2D eigenvalue weighted by atomic mass is 32.2. The van der Waals surface area contributed by atoms with Gasteiger partial charge in [-0.1, -0.05) is 19.3 Å². The van der Waals surface area contributed by atoms with Gasteiger partial charge in [0.05, 0.1) is 0 Å². The van der Waals surface area contributed by atoms with Crippen molar-refractivity contribution in [1.29, 1.82) is 0 Å². The largest absolute Gasteiger partial charge is 0.352 e. The average molecular weight is 284 g/mol. The maximum atomic E-state index is 12.1. The highest BCUT2D eigenvalue weighted by Gasteiger charge is 2.25. The van der Waals surface area contributed by atoms with Gasteiger partial charge in [0.2, 0.25) is 5.91 Å². The monoisotopic (exact) mass is 284 g/mol. The molecule has 1 aliphatic carbocycles. The lowest BCUT2D eigenvalue weighted by Gasteiger charge is -2.30. The minimum absolute atomic E-state index is 0.214. The van der Waals surface area contributed by atoms with E-state index in [2.05, 4.69) is 5.32 Å². The van der Waals surface area contributed by atoms with Crippen LogP contribution in [0.4, 0.5) is 0 Å². The van der Waals surface area contributed by atoms with Gasteiger partial charge in [-0.2, -0.15) is 11.8 Å². The Morgan fingerprint density at radius 3 is 2.47 bits per heavy atom. The summed E-state index contributed by atoms with van der Waals surface area (Å²) in [5.74, 6) is 3.90. The molecule has 1 heterocycles. The molecule has 3 N–H and O–H groups in total. The van der Waals surface area contributed by atoms with Crippen molar-refractivity contribution in [2.24, 2.45) is 17.6 Å². The van der Waals surface area contributed by atoms with Crippen LogP contribution in [0.5, 0.6) is 0 Å². The topological polar surface area (TPSA) is 55.1 Å². The summed E-state index contributed by atoms with van der Waals surface area (Å²) >= 11 is 2.02. The first-order valence-corrected chi connectivity index (χ1v) is 9.02. The van der Waals surface area contributed by atoms with E-state index in [9.17, 15) is 4.79 Å². The molecule has 0 aromatic carbocycles. The van der Waals surface area contributed by atoms with Gasteiger partial charge in [0.25, 0.3) is 0 Å². The third-order valence-electron chi connectivity index (χ3n) is 4.63. The van der Waals surface area contributed by atoms with Crippen LogP contribution in [-0.2, 0) is 4.79 Å². The Bertz CT molecular complexity index is 273. The molecule has 0 aromatic heterocycles. The molecule has 4 heteroatoms. The van der Waals surface area contributed by atoms with E-state index >= 15 is 0 Å². The first-order chi connectivity index (χ1) is 9.29. The first kappa shape index (κ1) is 15.2. The molecule has 0 radical (unpaired) electrons. The van der Waals surface area contributed by atoms with Crippen LogP contribution in [0, 0.1) is 11.8 Å². The van der Waals surface area contributed by atoms with E-state index in [1.807, 2.05) is 11.8 Å². The van der Waals surface area contributed by atoms with Gasteiger partial charge in [0, 0.05) is 19.0 Å². The Morgan fingerprint density at radius 1 is 1.16 bits per heavy atom. The number of nitrogens with two attached hydrogens (primary N) is 1. The summed E-state index contributed by atoms with van der Waals surface area (Å²) in [7, 11) is 0. The lowest BCUT2D eigenvalue weighted by molar-refractivity contribution is -0.123. The smallest absolute Gasteiger partial charge is 0.220 e. The lowest BCUT2D eigenvalue weighted by Crippen LogP contribution is -2.46. The number of thioether (sulfide) groups is 1. The fourth-order valence-corrected chi connectivity index (χ4v) is 4.59. The molecule has 1 aliphatic heterocycles. The van der Waals surface area contributed by atoms with Crippen LogP contribution in [0.25, 0.3) is 0 Å².